The van der Waals surface area contributed by atoms with Crippen LogP contribution < -0.4 is 0 Å². The van der Waals surface area contributed by atoms with Gasteiger partial charge in [0.25, 0.3) is 6.92 Å². The normalized spacial score (nSPS) is 36.3. The summed E-state index contributed by atoms with van der Waals surface area (Å²) in [7, 11) is -0.470. The molecule has 6 nitrogen and oxygen atoms in total. The van der Waals surface area contributed by atoms with Crippen molar-refractivity contribution in [2.45, 2.75) is 77.1 Å². The molecule has 23 heavy (non-hydrogen) atoms. The molecule has 0 bridgehead atoms. The molecular formula is C14H27B3O6. The number of rotatable bonds is 7. The summed E-state index contributed by atoms with van der Waals surface area (Å²) < 4.78 is 36.3. The minimum absolute atomic E-state index is 0.0922. The topological polar surface area (TPSA) is 55.4 Å². The summed E-state index contributed by atoms with van der Waals surface area (Å²) in [5.74, 6) is -0.879. The Balaban J connectivity index is 1.74. The molecular weight excluding hydrogens is 297 g/mol. The van der Waals surface area contributed by atoms with E-state index in [1.54, 1.807) is 0 Å². The molecule has 0 aromatic rings. The van der Waals surface area contributed by atoms with Gasteiger partial charge in [-0.3, -0.25) is 0 Å². The van der Waals surface area contributed by atoms with Gasteiger partial charge in [0, 0.05) is 0 Å². The third-order valence-electron chi connectivity index (χ3n) is 4.95. The summed E-state index contributed by atoms with van der Waals surface area (Å²) in [6.45, 7) is 9.36. The monoisotopic (exact) mass is 324 g/mol. The highest BCUT2D eigenvalue weighted by Gasteiger charge is 2.63. The van der Waals surface area contributed by atoms with Crippen molar-refractivity contribution in [1.82, 2.24) is 0 Å². The van der Waals surface area contributed by atoms with Crippen molar-refractivity contribution in [3.8, 4) is 0 Å². The lowest BCUT2D eigenvalue weighted by Crippen LogP contribution is -2.60. The van der Waals surface area contributed by atoms with Crippen LogP contribution in [0.5, 0.6) is 0 Å². The highest BCUT2D eigenvalue weighted by Crippen LogP contribution is 2.42. The molecule has 3 fully saturated rings. The highest BCUT2D eigenvalue weighted by atomic mass is 16.8. The molecule has 0 spiro atoms. The van der Waals surface area contributed by atoms with E-state index in [4.69, 9.17) is 28.0 Å². The molecule has 3 aliphatic rings. The third kappa shape index (κ3) is 3.37. The second-order valence-electron chi connectivity index (χ2n) is 6.50. The Morgan fingerprint density at radius 3 is 2.43 bits per heavy atom. The lowest BCUT2D eigenvalue weighted by molar-refractivity contribution is -0.267. The summed E-state index contributed by atoms with van der Waals surface area (Å²) >= 11 is 0. The average Bonchev–Trinajstić information content (AvgIpc) is 3.16. The number of hydrogen-bond acceptors (Lipinski definition) is 6. The molecule has 3 heterocycles. The molecule has 0 N–H and O–H groups in total. The Hall–Kier alpha value is -0.0452. The van der Waals surface area contributed by atoms with Crippen molar-refractivity contribution in [2.24, 2.45) is 0 Å². The molecule has 0 aliphatic carbocycles. The Morgan fingerprint density at radius 2 is 1.78 bits per heavy atom. The van der Waals surface area contributed by atoms with Gasteiger partial charge in [0.1, 0.15) is 6.10 Å². The van der Waals surface area contributed by atoms with Gasteiger partial charge in [0.15, 0.2) is 0 Å². The quantitative estimate of drug-likeness (QED) is 0.668. The van der Waals surface area contributed by atoms with E-state index in [2.05, 4.69) is 13.8 Å². The standard InChI is InChI=1S/C14H27B3O6/c1-5-15(6-2)19-10-14-13(22-17(8-4)23-14)12-11(9-18-14)20-16(7-3)21-12/h11-13H,5-10H2,1-4H3. The molecule has 0 aromatic heterocycles. The SMILES string of the molecule is CCB(CC)OCC12OCC3OB(CC)OC3C1OB(CC)O2. The summed E-state index contributed by atoms with van der Waals surface area (Å²) in [6, 6.07) is 0. The van der Waals surface area contributed by atoms with Crippen LogP contribution in [0.15, 0.2) is 0 Å². The molecule has 128 valence electrons. The van der Waals surface area contributed by atoms with Gasteiger partial charge in [-0.15, -0.1) is 0 Å². The molecule has 4 atom stereocenters. The van der Waals surface area contributed by atoms with Crippen LogP contribution in [0.2, 0.25) is 25.3 Å². The predicted molar refractivity (Wildman–Crippen MR) is 89.5 cm³/mol. The van der Waals surface area contributed by atoms with Crippen molar-refractivity contribution in [3.63, 3.8) is 0 Å². The first-order valence-corrected chi connectivity index (χ1v) is 9.05. The molecule has 0 saturated carbocycles. The van der Waals surface area contributed by atoms with E-state index in [1.807, 2.05) is 13.8 Å². The predicted octanol–water partition coefficient (Wildman–Crippen LogP) is 1.98. The summed E-state index contributed by atoms with van der Waals surface area (Å²) in [5, 5.41) is 0. The smallest absolute Gasteiger partial charge is 0.430 e. The summed E-state index contributed by atoms with van der Waals surface area (Å²) in [6.07, 6.45) is 2.97. The lowest BCUT2D eigenvalue weighted by atomic mass is 9.62. The van der Waals surface area contributed by atoms with Crippen LogP contribution in [0.4, 0.5) is 0 Å². The van der Waals surface area contributed by atoms with E-state index in [0.717, 1.165) is 25.3 Å². The molecule has 0 amide bonds. The Morgan fingerprint density at radius 1 is 1.04 bits per heavy atom. The molecule has 4 unspecified atom stereocenters. The van der Waals surface area contributed by atoms with E-state index in [0.29, 0.717) is 13.2 Å². The minimum Gasteiger partial charge on any atom is -0.430 e. The highest BCUT2D eigenvalue weighted by molar-refractivity contribution is 6.51. The third-order valence-corrected chi connectivity index (χ3v) is 4.95. The van der Waals surface area contributed by atoms with Crippen molar-refractivity contribution in [1.29, 1.82) is 0 Å². The second kappa shape index (κ2) is 7.46. The van der Waals surface area contributed by atoms with Crippen LogP contribution in [0.3, 0.4) is 0 Å². The maximum absolute atomic E-state index is 6.11. The molecule has 9 heteroatoms. The lowest BCUT2D eigenvalue weighted by Gasteiger charge is -2.42. The van der Waals surface area contributed by atoms with Crippen molar-refractivity contribution in [2.75, 3.05) is 13.2 Å². The molecule has 3 rings (SSSR count). The first-order chi connectivity index (χ1) is 11.2. The Bertz CT molecular complexity index is 399. The van der Waals surface area contributed by atoms with Gasteiger partial charge in [0.2, 0.25) is 5.79 Å². The molecule has 0 aromatic carbocycles. The largest absolute Gasteiger partial charge is 0.459 e. The van der Waals surface area contributed by atoms with Crippen LogP contribution in [0, 0.1) is 0 Å². The average molecular weight is 324 g/mol. The number of hydrogen-bond donors (Lipinski definition) is 0. The minimum atomic E-state index is -0.879. The Labute approximate surface area is 140 Å². The van der Waals surface area contributed by atoms with Crippen LogP contribution in [-0.4, -0.2) is 58.5 Å². The summed E-state index contributed by atoms with van der Waals surface area (Å²) in [4.78, 5) is 0. The van der Waals surface area contributed by atoms with Crippen LogP contribution in [0.1, 0.15) is 27.7 Å². The number of ether oxygens (including phenoxy) is 1. The van der Waals surface area contributed by atoms with Crippen molar-refractivity contribution < 1.29 is 28.0 Å². The molecule has 0 radical (unpaired) electrons. The van der Waals surface area contributed by atoms with Gasteiger partial charge in [0.05, 0.1) is 25.4 Å². The van der Waals surface area contributed by atoms with Gasteiger partial charge in [-0.1, -0.05) is 40.3 Å². The Kier molecular flexibility index (Phi) is 5.76. The van der Waals surface area contributed by atoms with Crippen molar-refractivity contribution in [3.05, 3.63) is 0 Å². The van der Waals surface area contributed by atoms with E-state index >= 15 is 0 Å². The fourth-order valence-electron chi connectivity index (χ4n) is 3.51. The van der Waals surface area contributed by atoms with E-state index in [9.17, 15) is 0 Å². The van der Waals surface area contributed by atoms with E-state index < -0.39 is 5.79 Å². The van der Waals surface area contributed by atoms with Gasteiger partial charge < -0.3 is 28.0 Å². The van der Waals surface area contributed by atoms with Gasteiger partial charge in [-0.2, -0.15) is 0 Å². The fraction of sp³-hybridized carbons (Fsp3) is 1.00. The maximum atomic E-state index is 6.11. The maximum Gasteiger partial charge on any atom is 0.459 e. The zero-order chi connectivity index (χ0) is 16.4. The van der Waals surface area contributed by atoms with Crippen LogP contribution >= 0.6 is 0 Å². The van der Waals surface area contributed by atoms with Crippen molar-refractivity contribution >= 4 is 21.2 Å². The van der Waals surface area contributed by atoms with Gasteiger partial charge >= 0.3 is 14.2 Å². The zero-order valence-corrected chi connectivity index (χ0v) is 14.7. The van der Waals surface area contributed by atoms with Gasteiger partial charge in [-0.05, 0) is 12.6 Å². The second-order valence-corrected chi connectivity index (χ2v) is 6.50. The first kappa shape index (κ1) is 17.8. The van der Waals surface area contributed by atoms with Crippen LogP contribution in [0.25, 0.3) is 0 Å². The molecule has 3 aliphatic heterocycles. The van der Waals surface area contributed by atoms with Gasteiger partial charge in [-0.25, -0.2) is 0 Å². The fourth-order valence-corrected chi connectivity index (χ4v) is 3.51. The summed E-state index contributed by atoms with van der Waals surface area (Å²) in [5.41, 5.74) is 0. The van der Waals surface area contributed by atoms with E-state index in [1.165, 1.54) is 0 Å². The van der Waals surface area contributed by atoms with E-state index in [-0.39, 0.29) is 39.5 Å². The first-order valence-electron chi connectivity index (χ1n) is 9.05. The number of fused-ring (bicyclic) bond motifs is 3. The molecule has 3 saturated heterocycles. The zero-order valence-electron chi connectivity index (χ0n) is 14.7. The van der Waals surface area contributed by atoms with Crippen LogP contribution in [-0.2, 0) is 28.0 Å².